The van der Waals surface area contributed by atoms with Gasteiger partial charge in [0, 0.05) is 30.3 Å². The zero-order valence-corrected chi connectivity index (χ0v) is 16.8. The van der Waals surface area contributed by atoms with Crippen molar-refractivity contribution in [1.82, 2.24) is 10.6 Å². The van der Waals surface area contributed by atoms with Gasteiger partial charge in [-0.1, -0.05) is 23.7 Å². The summed E-state index contributed by atoms with van der Waals surface area (Å²) in [5, 5.41) is 6.34. The molecule has 0 aromatic heterocycles. The number of amides is 2. The Morgan fingerprint density at radius 3 is 2.71 bits per heavy atom. The van der Waals surface area contributed by atoms with Crippen LogP contribution in [0.3, 0.4) is 0 Å². The van der Waals surface area contributed by atoms with E-state index in [1.54, 1.807) is 25.1 Å². The van der Waals surface area contributed by atoms with Gasteiger partial charge in [0.15, 0.2) is 6.10 Å². The lowest BCUT2D eigenvalue weighted by Crippen LogP contribution is -2.47. The van der Waals surface area contributed by atoms with E-state index >= 15 is 0 Å². The number of carbonyl (C=O) groups is 2. The van der Waals surface area contributed by atoms with Gasteiger partial charge in [-0.3, -0.25) is 9.59 Å². The first-order chi connectivity index (χ1) is 13.4. The van der Waals surface area contributed by atoms with Crippen LogP contribution in [0.1, 0.15) is 18.1 Å². The lowest BCUT2D eigenvalue weighted by atomic mass is 10.1. The fourth-order valence-corrected chi connectivity index (χ4v) is 3.23. The Labute approximate surface area is 169 Å². The molecule has 1 saturated heterocycles. The molecular weight excluding hydrogens is 378 g/mol. The molecular formula is C21H24ClN3O3. The Kier molecular flexibility index (Phi) is 6.41. The van der Waals surface area contributed by atoms with Gasteiger partial charge in [0.2, 0.25) is 5.91 Å². The second-order valence-corrected chi connectivity index (χ2v) is 7.26. The highest BCUT2D eigenvalue weighted by molar-refractivity contribution is 6.30. The van der Waals surface area contributed by atoms with E-state index in [2.05, 4.69) is 10.6 Å². The molecule has 1 aliphatic rings. The Morgan fingerprint density at radius 1 is 1.29 bits per heavy atom. The Morgan fingerprint density at radius 2 is 2.04 bits per heavy atom. The molecule has 0 saturated carbocycles. The van der Waals surface area contributed by atoms with Crippen molar-refractivity contribution in [2.75, 3.05) is 24.5 Å². The number of hydrogen-bond acceptors (Lipinski definition) is 4. The van der Waals surface area contributed by atoms with Crippen LogP contribution < -0.4 is 20.3 Å². The molecule has 148 valence electrons. The van der Waals surface area contributed by atoms with Gasteiger partial charge in [-0.05, 0) is 55.3 Å². The number of ether oxygens (including phenoxy) is 1. The number of nitrogens with zero attached hydrogens (tertiary/aromatic N) is 1. The topological polar surface area (TPSA) is 70.7 Å². The maximum atomic E-state index is 12.3. The fraction of sp³-hybridized carbons (Fsp3) is 0.333. The molecule has 0 radical (unpaired) electrons. The highest BCUT2D eigenvalue weighted by Crippen LogP contribution is 2.23. The van der Waals surface area contributed by atoms with Gasteiger partial charge in [-0.15, -0.1) is 0 Å². The molecule has 2 amide bonds. The number of aryl methyl sites for hydroxylation is 1. The Balaban J connectivity index is 1.51. The number of piperazine rings is 1. The predicted molar refractivity (Wildman–Crippen MR) is 110 cm³/mol. The fourth-order valence-electron chi connectivity index (χ4n) is 3.01. The largest absolute Gasteiger partial charge is 0.481 e. The first kappa shape index (κ1) is 20.0. The van der Waals surface area contributed by atoms with E-state index in [0.29, 0.717) is 30.4 Å². The number of hydrogen-bond donors (Lipinski definition) is 2. The second kappa shape index (κ2) is 8.97. The first-order valence-corrected chi connectivity index (χ1v) is 9.61. The third-order valence-corrected chi connectivity index (χ3v) is 4.85. The number of benzene rings is 2. The van der Waals surface area contributed by atoms with Crippen molar-refractivity contribution in [2.45, 2.75) is 26.5 Å². The molecule has 1 atom stereocenters. The molecule has 1 heterocycles. The van der Waals surface area contributed by atoms with E-state index in [1.807, 2.05) is 36.1 Å². The minimum Gasteiger partial charge on any atom is -0.481 e. The van der Waals surface area contributed by atoms with Crippen molar-refractivity contribution in [2.24, 2.45) is 0 Å². The van der Waals surface area contributed by atoms with Gasteiger partial charge in [0.1, 0.15) is 5.75 Å². The highest BCUT2D eigenvalue weighted by Gasteiger charge is 2.17. The van der Waals surface area contributed by atoms with E-state index in [1.165, 1.54) is 0 Å². The summed E-state index contributed by atoms with van der Waals surface area (Å²) in [4.78, 5) is 25.9. The Bertz CT molecular complexity index is 854. The second-order valence-electron chi connectivity index (χ2n) is 6.83. The molecule has 28 heavy (non-hydrogen) atoms. The molecule has 0 spiro atoms. The summed E-state index contributed by atoms with van der Waals surface area (Å²) in [6.07, 6.45) is -0.619. The average molecular weight is 402 g/mol. The molecule has 2 aromatic carbocycles. The maximum absolute atomic E-state index is 12.3. The third kappa shape index (κ3) is 5.16. The van der Waals surface area contributed by atoms with E-state index in [0.717, 1.165) is 23.4 Å². The summed E-state index contributed by atoms with van der Waals surface area (Å²) in [5.74, 6) is 0.487. The first-order valence-electron chi connectivity index (χ1n) is 9.23. The monoisotopic (exact) mass is 401 g/mol. The third-order valence-electron chi connectivity index (χ3n) is 4.62. The molecule has 2 N–H and O–H groups in total. The van der Waals surface area contributed by atoms with Crippen molar-refractivity contribution < 1.29 is 14.3 Å². The predicted octanol–water partition coefficient (Wildman–Crippen LogP) is 2.67. The lowest BCUT2D eigenvalue weighted by molar-refractivity contribution is -0.127. The van der Waals surface area contributed by atoms with Crippen LogP contribution in [0, 0.1) is 6.92 Å². The molecule has 1 unspecified atom stereocenters. The number of nitrogens with one attached hydrogen (secondary N) is 2. The molecule has 7 heteroatoms. The minimum atomic E-state index is -0.619. The van der Waals surface area contributed by atoms with Gasteiger partial charge in [0.05, 0.1) is 6.54 Å². The molecule has 3 rings (SSSR count). The quantitative estimate of drug-likeness (QED) is 0.780. The van der Waals surface area contributed by atoms with Crippen LogP contribution in [0.2, 0.25) is 5.02 Å². The number of halogens is 1. The van der Waals surface area contributed by atoms with Crippen molar-refractivity contribution in [3.05, 3.63) is 58.6 Å². The zero-order valence-electron chi connectivity index (χ0n) is 16.0. The van der Waals surface area contributed by atoms with Gasteiger partial charge >= 0.3 is 0 Å². The summed E-state index contributed by atoms with van der Waals surface area (Å²) in [7, 11) is 0. The van der Waals surface area contributed by atoms with Crippen molar-refractivity contribution in [1.29, 1.82) is 0 Å². The average Bonchev–Trinajstić information content (AvgIpc) is 2.68. The summed E-state index contributed by atoms with van der Waals surface area (Å²) >= 11 is 5.94. The van der Waals surface area contributed by atoms with E-state index in [9.17, 15) is 9.59 Å². The van der Waals surface area contributed by atoms with Crippen LogP contribution in [0.25, 0.3) is 0 Å². The number of rotatable bonds is 6. The molecule has 0 bridgehead atoms. The standard InChI is InChI=1S/C21H24ClN3O3/c1-14-11-17(22)5-8-19(14)28-15(2)21(27)24-12-16-3-6-18(7-4-16)25-10-9-23-20(26)13-25/h3-8,11,15H,9-10,12-13H2,1-2H3,(H,23,26)(H,24,27). The van der Waals surface area contributed by atoms with Crippen molar-refractivity contribution in [3.8, 4) is 5.75 Å². The summed E-state index contributed by atoms with van der Waals surface area (Å²) in [6.45, 7) is 5.83. The molecule has 0 aliphatic carbocycles. The van der Waals surface area contributed by atoms with Gasteiger partial charge in [0.25, 0.3) is 5.91 Å². The minimum absolute atomic E-state index is 0.0347. The summed E-state index contributed by atoms with van der Waals surface area (Å²) in [5.41, 5.74) is 2.86. The Hall–Kier alpha value is -2.73. The highest BCUT2D eigenvalue weighted by atomic mass is 35.5. The SMILES string of the molecule is Cc1cc(Cl)ccc1OC(C)C(=O)NCc1ccc(N2CCNC(=O)C2)cc1. The van der Waals surface area contributed by atoms with Crippen molar-refractivity contribution >= 4 is 29.1 Å². The van der Waals surface area contributed by atoms with Crippen LogP contribution in [0.5, 0.6) is 5.75 Å². The van der Waals surface area contributed by atoms with Gasteiger partial charge < -0.3 is 20.3 Å². The zero-order chi connectivity index (χ0) is 20.1. The molecule has 1 fully saturated rings. The summed E-state index contributed by atoms with van der Waals surface area (Å²) < 4.78 is 5.74. The van der Waals surface area contributed by atoms with Gasteiger partial charge in [-0.2, -0.15) is 0 Å². The maximum Gasteiger partial charge on any atom is 0.261 e. The lowest BCUT2D eigenvalue weighted by Gasteiger charge is -2.28. The van der Waals surface area contributed by atoms with Crippen LogP contribution >= 0.6 is 11.6 Å². The van der Waals surface area contributed by atoms with Crippen molar-refractivity contribution in [3.63, 3.8) is 0 Å². The molecule has 1 aliphatic heterocycles. The van der Waals surface area contributed by atoms with Crippen LogP contribution in [-0.2, 0) is 16.1 Å². The van der Waals surface area contributed by atoms with E-state index in [4.69, 9.17) is 16.3 Å². The number of carbonyl (C=O) groups excluding carboxylic acids is 2. The van der Waals surface area contributed by atoms with E-state index < -0.39 is 6.10 Å². The molecule has 6 nitrogen and oxygen atoms in total. The van der Waals surface area contributed by atoms with Gasteiger partial charge in [-0.25, -0.2) is 0 Å². The van der Waals surface area contributed by atoms with Crippen LogP contribution in [-0.4, -0.2) is 37.6 Å². The smallest absolute Gasteiger partial charge is 0.261 e. The van der Waals surface area contributed by atoms with Crippen LogP contribution in [0.15, 0.2) is 42.5 Å². The number of anilines is 1. The molecule has 2 aromatic rings. The normalized spacial score (nSPS) is 15.0. The van der Waals surface area contributed by atoms with Crippen LogP contribution in [0.4, 0.5) is 5.69 Å². The van der Waals surface area contributed by atoms with E-state index in [-0.39, 0.29) is 11.8 Å². The summed E-state index contributed by atoms with van der Waals surface area (Å²) in [6, 6.07) is 13.2.